The van der Waals surface area contributed by atoms with E-state index in [1.165, 1.54) is 12.1 Å². The van der Waals surface area contributed by atoms with Gasteiger partial charge in [-0.1, -0.05) is 12.1 Å². The highest BCUT2D eigenvalue weighted by Gasteiger charge is 2.31. The molecule has 2 rings (SSSR count). The summed E-state index contributed by atoms with van der Waals surface area (Å²) in [5.74, 6) is -0.397. The SMILES string of the molecule is CC(C)(C)OC(=O)N1CCC([C@H](C#N)c2ccc(F)cc2)CC1. The summed E-state index contributed by atoms with van der Waals surface area (Å²) in [6, 6.07) is 8.44. The van der Waals surface area contributed by atoms with E-state index in [0.717, 1.165) is 18.4 Å². The minimum Gasteiger partial charge on any atom is -0.444 e. The lowest BCUT2D eigenvalue weighted by Crippen LogP contribution is -2.42. The number of carbonyl (C=O) groups is 1. The molecule has 1 fully saturated rings. The fourth-order valence-electron chi connectivity index (χ4n) is 2.86. The van der Waals surface area contributed by atoms with Gasteiger partial charge in [0.25, 0.3) is 0 Å². The van der Waals surface area contributed by atoms with Crippen molar-refractivity contribution in [2.24, 2.45) is 5.92 Å². The van der Waals surface area contributed by atoms with E-state index in [0.29, 0.717) is 13.1 Å². The van der Waals surface area contributed by atoms with Crippen LogP contribution in [0, 0.1) is 23.1 Å². The lowest BCUT2D eigenvalue weighted by atomic mass is 9.81. The Morgan fingerprint density at radius 1 is 1.30 bits per heavy atom. The smallest absolute Gasteiger partial charge is 0.410 e. The lowest BCUT2D eigenvalue weighted by molar-refractivity contribution is 0.0180. The largest absolute Gasteiger partial charge is 0.444 e. The average Bonchev–Trinajstić information content (AvgIpc) is 2.49. The quantitative estimate of drug-likeness (QED) is 0.825. The first-order valence-electron chi connectivity index (χ1n) is 7.93. The zero-order chi connectivity index (χ0) is 17.0. The second-order valence-corrected chi connectivity index (χ2v) is 6.96. The maximum atomic E-state index is 13.0. The van der Waals surface area contributed by atoms with Gasteiger partial charge in [0.1, 0.15) is 11.4 Å². The molecule has 0 radical (unpaired) electrons. The molecule has 5 heteroatoms. The first-order chi connectivity index (χ1) is 10.8. The van der Waals surface area contributed by atoms with Crippen LogP contribution in [0.15, 0.2) is 24.3 Å². The first kappa shape index (κ1) is 17.3. The standard InChI is InChI=1S/C18H23FN2O2/c1-18(2,3)23-17(22)21-10-8-14(9-11-21)16(12-20)13-4-6-15(19)7-5-13/h4-7,14,16H,8-11H2,1-3H3/t16-/m1/s1. The van der Waals surface area contributed by atoms with E-state index in [4.69, 9.17) is 4.74 Å². The predicted molar refractivity (Wildman–Crippen MR) is 85.3 cm³/mol. The molecule has 0 spiro atoms. The number of piperidine rings is 1. The van der Waals surface area contributed by atoms with Gasteiger partial charge in [0.05, 0.1) is 12.0 Å². The lowest BCUT2D eigenvalue weighted by Gasteiger charge is -2.35. The Morgan fingerprint density at radius 2 is 1.87 bits per heavy atom. The van der Waals surface area contributed by atoms with Gasteiger partial charge in [-0.25, -0.2) is 9.18 Å². The number of likely N-dealkylation sites (tertiary alicyclic amines) is 1. The Labute approximate surface area is 136 Å². The minimum absolute atomic E-state index is 0.171. The Balaban J connectivity index is 1.96. The summed E-state index contributed by atoms with van der Waals surface area (Å²) in [5.41, 5.74) is 0.335. The number of nitrogens with zero attached hydrogens (tertiary/aromatic N) is 2. The molecule has 23 heavy (non-hydrogen) atoms. The molecule has 1 amide bonds. The summed E-state index contributed by atoms with van der Waals surface area (Å²) in [6.45, 7) is 6.70. The van der Waals surface area contributed by atoms with Crippen molar-refractivity contribution in [3.05, 3.63) is 35.6 Å². The first-order valence-corrected chi connectivity index (χ1v) is 7.93. The number of hydrogen-bond donors (Lipinski definition) is 0. The van der Waals surface area contributed by atoms with Crippen LogP contribution in [-0.2, 0) is 4.74 Å². The number of nitriles is 1. The molecular weight excluding hydrogens is 295 g/mol. The molecule has 1 aliphatic rings. The van der Waals surface area contributed by atoms with Crippen LogP contribution >= 0.6 is 0 Å². The predicted octanol–water partition coefficient (Wildman–Crippen LogP) is 4.08. The summed E-state index contributed by atoms with van der Waals surface area (Å²) >= 11 is 0. The summed E-state index contributed by atoms with van der Waals surface area (Å²) in [6.07, 6.45) is 1.19. The van der Waals surface area contributed by atoms with Crippen LogP contribution in [-0.4, -0.2) is 29.7 Å². The van der Waals surface area contributed by atoms with Crippen molar-refractivity contribution >= 4 is 6.09 Å². The van der Waals surface area contributed by atoms with Crippen molar-refractivity contribution in [3.63, 3.8) is 0 Å². The molecule has 0 unspecified atom stereocenters. The number of ether oxygens (including phenoxy) is 1. The highest BCUT2D eigenvalue weighted by Crippen LogP contribution is 2.32. The van der Waals surface area contributed by atoms with Crippen molar-refractivity contribution in [1.82, 2.24) is 4.90 Å². The van der Waals surface area contributed by atoms with Crippen LogP contribution in [0.2, 0.25) is 0 Å². The third-order valence-electron chi connectivity index (χ3n) is 4.03. The van der Waals surface area contributed by atoms with Crippen LogP contribution in [0.4, 0.5) is 9.18 Å². The number of hydrogen-bond acceptors (Lipinski definition) is 3. The Morgan fingerprint density at radius 3 is 2.35 bits per heavy atom. The molecule has 124 valence electrons. The van der Waals surface area contributed by atoms with Crippen LogP contribution in [0.3, 0.4) is 0 Å². The van der Waals surface area contributed by atoms with Gasteiger partial charge in [-0.05, 0) is 57.2 Å². The van der Waals surface area contributed by atoms with E-state index in [1.807, 2.05) is 20.8 Å². The Hall–Kier alpha value is -2.09. The summed E-state index contributed by atoms with van der Waals surface area (Å²) in [7, 11) is 0. The molecule has 1 saturated heterocycles. The van der Waals surface area contributed by atoms with Gasteiger partial charge in [-0.15, -0.1) is 0 Å². The van der Waals surface area contributed by atoms with Crippen molar-refractivity contribution in [2.45, 2.75) is 45.1 Å². The van der Waals surface area contributed by atoms with Crippen LogP contribution < -0.4 is 0 Å². The molecule has 1 aromatic rings. The van der Waals surface area contributed by atoms with Crippen LogP contribution in [0.25, 0.3) is 0 Å². The average molecular weight is 318 g/mol. The van der Waals surface area contributed by atoms with Crippen molar-refractivity contribution in [1.29, 1.82) is 5.26 Å². The molecule has 1 heterocycles. The summed E-state index contributed by atoms with van der Waals surface area (Å²) in [5, 5.41) is 9.48. The summed E-state index contributed by atoms with van der Waals surface area (Å²) in [4.78, 5) is 13.8. The van der Waals surface area contributed by atoms with E-state index < -0.39 is 5.60 Å². The Bertz CT molecular complexity index is 579. The molecule has 1 aromatic carbocycles. The van der Waals surface area contributed by atoms with E-state index in [2.05, 4.69) is 6.07 Å². The van der Waals surface area contributed by atoms with Crippen LogP contribution in [0.1, 0.15) is 45.1 Å². The minimum atomic E-state index is -0.503. The third-order valence-corrected chi connectivity index (χ3v) is 4.03. The van der Waals surface area contributed by atoms with Crippen molar-refractivity contribution < 1.29 is 13.9 Å². The summed E-state index contributed by atoms with van der Waals surface area (Å²) < 4.78 is 18.4. The van der Waals surface area contributed by atoms with Crippen molar-refractivity contribution in [3.8, 4) is 6.07 Å². The number of benzene rings is 1. The third kappa shape index (κ3) is 4.69. The highest BCUT2D eigenvalue weighted by molar-refractivity contribution is 5.68. The zero-order valence-corrected chi connectivity index (χ0v) is 13.9. The van der Waals surface area contributed by atoms with Gasteiger partial charge >= 0.3 is 6.09 Å². The molecular formula is C18H23FN2O2. The van der Waals surface area contributed by atoms with Gasteiger partial charge in [0.15, 0.2) is 0 Å². The van der Waals surface area contributed by atoms with E-state index in [-0.39, 0.29) is 23.7 Å². The second-order valence-electron chi connectivity index (χ2n) is 6.96. The van der Waals surface area contributed by atoms with Gasteiger partial charge < -0.3 is 9.64 Å². The monoisotopic (exact) mass is 318 g/mol. The molecule has 0 saturated carbocycles. The Kier molecular flexibility index (Phi) is 5.25. The molecule has 4 nitrogen and oxygen atoms in total. The fourth-order valence-corrected chi connectivity index (χ4v) is 2.86. The van der Waals surface area contributed by atoms with Gasteiger partial charge in [0, 0.05) is 13.1 Å². The zero-order valence-electron chi connectivity index (χ0n) is 13.9. The number of amides is 1. The van der Waals surface area contributed by atoms with Crippen molar-refractivity contribution in [2.75, 3.05) is 13.1 Å². The topological polar surface area (TPSA) is 53.3 Å². The second kappa shape index (κ2) is 6.99. The fraction of sp³-hybridized carbons (Fsp3) is 0.556. The van der Waals surface area contributed by atoms with Gasteiger partial charge in [-0.2, -0.15) is 5.26 Å². The van der Waals surface area contributed by atoms with E-state index in [9.17, 15) is 14.4 Å². The maximum Gasteiger partial charge on any atom is 0.410 e. The maximum absolute atomic E-state index is 13.0. The van der Waals surface area contributed by atoms with Crippen LogP contribution in [0.5, 0.6) is 0 Å². The molecule has 0 aromatic heterocycles. The van der Waals surface area contributed by atoms with Gasteiger partial charge in [-0.3, -0.25) is 0 Å². The number of carbonyl (C=O) groups excluding carboxylic acids is 1. The molecule has 0 N–H and O–H groups in total. The highest BCUT2D eigenvalue weighted by atomic mass is 19.1. The molecule has 0 aliphatic carbocycles. The molecule has 1 aliphatic heterocycles. The van der Waals surface area contributed by atoms with E-state index >= 15 is 0 Å². The number of rotatable bonds is 2. The van der Waals surface area contributed by atoms with E-state index in [1.54, 1.807) is 17.0 Å². The number of halogens is 1. The molecule has 1 atom stereocenters. The molecule has 0 bridgehead atoms. The normalized spacial score (nSPS) is 17.4. The van der Waals surface area contributed by atoms with Gasteiger partial charge in [0.2, 0.25) is 0 Å².